The maximum absolute atomic E-state index is 11.4. The third kappa shape index (κ3) is 8.77. The quantitative estimate of drug-likeness (QED) is 0.211. The van der Waals surface area contributed by atoms with Crippen LogP contribution in [0.1, 0.15) is 27.2 Å². The average Bonchev–Trinajstić information content (AvgIpc) is 2.27. The summed E-state index contributed by atoms with van der Waals surface area (Å²) >= 11 is 0. The molecule has 0 fully saturated rings. The van der Waals surface area contributed by atoms with Crippen molar-refractivity contribution < 1.29 is 9.53 Å². The third-order valence-electron chi connectivity index (χ3n) is 1.99. The first-order valence-electron chi connectivity index (χ1n) is 6.05. The van der Waals surface area contributed by atoms with E-state index in [0.29, 0.717) is 25.5 Å². The van der Waals surface area contributed by atoms with Gasteiger partial charge in [0, 0.05) is 25.6 Å². The summed E-state index contributed by atoms with van der Waals surface area (Å²) in [5.74, 6) is 5.77. The molecule has 0 radical (unpaired) electrons. The Bertz CT molecular complexity index is 268. The Labute approximate surface area is 109 Å². The normalized spacial score (nSPS) is 13.3. The molecule has 0 aromatic heterocycles. The van der Waals surface area contributed by atoms with Crippen LogP contribution in [-0.4, -0.2) is 44.2 Å². The molecule has 0 rings (SSSR count). The molecule has 5 N–H and O–H groups in total. The Morgan fingerprint density at radius 3 is 2.50 bits per heavy atom. The van der Waals surface area contributed by atoms with Crippen LogP contribution in [-0.2, 0) is 9.53 Å². The molecular weight excluding hydrogens is 234 g/mol. The van der Waals surface area contributed by atoms with Gasteiger partial charge in [-0.1, -0.05) is 0 Å². The number of amides is 1. The zero-order chi connectivity index (χ0) is 14.0. The van der Waals surface area contributed by atoms with Gasteiger partial charge < -0.3 is 15.4 Å². The fourth-order valence-electron chi connectivity index (χ4n) is 1.32. The number of nitrogens with two attached hydrogens (primary N) is 1. The van der Waals surface area contributed by atoms with Crippen LogP contribution in [0.15, 0.2) is 4.99 Å². The standard InChI is InChI=1S/C11H25N5O2/c1-8(2)14-10(17)5-6-13-11(16-12)15-9(3)7-18-4/h8-9H,5-7,12H2,1-4H3,(H,14,17)(H2,13,15,16). The molecule has 1 unspecified atom stereocenters. The molecule has 0 aliphatic heterocycles. The number of ether oxygens (including phenoxy) is 1. The van der Waals surface area contributed by atoms with Crippen molar-refractivity contribution in [1.82, 2.24) is 16.1 Å². The van der Waals surface area contributed by atoms with E-state index >= 15 is 0 Å². The summed E-state index contributed by atoms with van der Waals surface area (Å²) in [6.07, 6.45) is 0.337. The lowest BCUT2D eigenvalue weighted by molar-refractivity contribution is -0.121. The maximum Gasteiger partial charge on any atom is 0.222 e. The summed E-state index contributed by atoms with van der Waals surface area (Å²) in [6.45, 7) is 6.71. The lowest BCUT2D eigenvalue weighted by Crippen LogP contribution is -2.47. The first-order valence-corrected chi connectivity index (χ1v) is 6.05. The van der Waals surface area contributed by atoms with Crippen molar-refractivity contribution in [1.29, 1.82) is 0 Å². The highest BCUT2D eigenvalue weighted by atomic mass is 16.5. The largest absolute Gasteiger partial charge is 0.383 e. The number of nitrogens with zero attached hydrogens (tertiary/aromatic N) is 1. The molecule has 7 nitrogen and oxygen atoms in total. The number of hydrazine groups is 1. The minimum absolute atomic E-state index is 0.0185. The van der Waals surface area contributed by atoms with Gasteiger partial charge >= 0.3 is 0 Å². The van der Waals surface area contributed by atoms with Gasteiger partial charge in [-0.2, -0.15) is 0 Å². The predicted molar refractivity (Wildman–Crippen MR) is 72.0 cm³/mol. The van der Waals surface area contributed by atoms with E-state index in [-0.39, 0.29) is 18.0 Å². The number of carbonyl (C=O) groups is 1. The van der Waals surface area contributed by atoms with Gasteiger partial charge in [-0.25, -0.2) is 5.84 Å². The van der Waals surface area contributed by atoms with E-state index in [2.05, 4.69) is 21.1 Å². The van der Waals surface area contributed by atoms with Gasteiger partial charge in [0.15, 0.2) is 0 Å². The molecule has 0 saturated heterocycles. The van der Waals surface area contributed by atoms with Gasteiger partial charge in [-0.3, -0.25) is 15.2 Å². The van der Waals surface area contributed by atoms with Crippen LogP contribution in [0.2, 0.25) is 0 Å². The Kier molecular flexibility index (Phi) is 8.95. The number of guanidine groups is 1. The monoisotopic (exact) mass is 259 g/mol. The van der Waals surface area contributed by atoms with Crippen molar-refractivity contribution in [3.63, 3.8) is 0 Å². The molecule has 0 heterocycles. The highest BCUT2D eigenvalue weighted by Gasteiger charge is 2.05. The zero-order valence-corrected chi connectivity index (χ0v) is 11.6. The van der Waals surface area contributed by atoms with Crippen LogP contribution in [0.5, 0.6) is 0 Å². The number of aliphatic imine (C=N–C) groups is 1. The van der Waals surface area contributed by atoms with Gasteiger partial charge in [-0.05, 0) is 20.8 Å². The molecule has 0 bridgehead atoms. The van der Waals surface area contributed by atoms with Crippen molar-refractivity contribution in [3.05, 3.63) is 0 Å². The fraction of sp³-hybridized carbons (Fsp3) is 0.818. The highest BCUT2D eigenvalue weighted by Crippen LogP contribution is 1.87. The number of methoxy groups -OCH3 is 1. The van der Waals surface area contributed by atoms with Crippen LogP contribution < -0.4 is 21.9 Å². The molecule has 0 aromatic rings. The summed E-state index contributed by atoms with van der Waals surface area (Å²) in [4.78, 5) is 15.5. The lowest BCUT2D eigenvalue weighted by atomic mass is 10.3. The molecule has 1 atom stereocenters. The topological polar surface area (TPSA) is 101 Å². The molecule has 18 heavy (non-hydrogen) atoms. The van der Waals surface area contributed by atoms with Crippen LogP contribution in [0.3, 0.4) is 0 Å². The van der Waals surface area contributed by atoms with Crippen molar-refractivity contribution in [2.75, 3.05) is 20.3 Å². The van der Waals surface area contributed by atoms with E-state index in [9.17, 15) is 4.79 Å². The maximum atomic E-state index is 11.4. The summed E-state index contributed by atoms with van der Waals surface area (Å²) in [5, 5.41) is 5.83. The second-order valence-corrected chi connectivity index (χ2v) is 4.35. The van der Waals surface area contributed by atoms with Crippen molar-refractivity contribution in [2.45, 2.75) is 39.3 Å². The smallest absolute Gasteiger partial charge is 0.222 e. The first kappa shape index (κ1) is 16.7. The van der Waals surface area contributed by atoms with Crippen LogP contribution in [0, 0.1) is 0 Å². The van der Waals surface area contributed by atoms with Gasteiger partial charge in [0.05, 0.1) is 13.2 Å². The molecule has 0 aliphatic carbocycles. The number of hydrogen-bond donors (Lipinski definition) is 4. The van der Waals surface area contributed by atoms with Crippen LogP contribution in [0.4, 0.5) is 0 Å². The van der Waals surface area contributed by atoms with Gasteiger partial charge in [0.2, 0.25) is 11.9 Å². The van der Waals surface area contributed by atoms with E-state index in [0.717, 1.165) is 0 Å². The van der Waals surface area contributed by atoms with E-state index in [1.165, 1.54) is 0 Å². The van der Waals surface area contributed by atoms with E-state index < -0.39 is 0 Å². The molecule has 1 amide bonds. The molecule has 0 aromatic carbocycles. The number of carbonyl (C=O) groups excluding carboxylic acids is 1. The molecule has 106 valence electrons. The SMILES string of the molecule is COCC(C)NC(=NCCC(=O)NC(C)C)NN. The summed E-state index contributed by atoms with van der Waals surface area (Å²) in [6, 6.07) is 0.239. The summed E-state index contributed by atoms with van der Waals surface area (Å²) < 4.78 is 4.99. The van der Waals surface area contributed by atoms with Crippen LogP contribution in [0.25, 0.3) is 0 Å². The molecule has 0 saturated carbocycles. The molecular formula is C11H25N5O2. The van der Waals surface area contributed by atoms with Gasteiger partial charge in [0.25, 0.3) is 0 Å². The molecule has 7 heteroatoms. The van der Waals surface area contributed by atoms with E-state index in [4.69, 9.17) is 10.6 Å². The van der Waals surface area contributed by atoms with Gasteiger partial charge in [0.1, 0.15) is 0 Å². The summed E-state index contributed by atoms with van der Waals surface area (Å²) in [7, 11) is 1.63. The van der Waals surface area contributed by atoms with E-state index in [1.54, 1.807) is 7.11 Å². The third-order valence-corrected chi connectivity index (χ3v) is 1.99. The minimum Gasteiger partial charge on any atom is -0.383 e. The van der Waals surface area contributed by atoms with Crippen molar-refractivity contribution in [3.8, 4) is 0 Å². The fourth-order valence-corrected chi connectivity index (χ4v) is 1.32. The summed E-state index contributed by atoms with van der Waals surface area (Å²) in [5.41, 5.74) is 2.46. The Balaban J connectivity index is 4.00. The van der Waals surface area contributed by atoms with Crippen molar-refractivity contribution in [2.24, 2.45) is 10.8 Å². The number of nitrogens with one attached hydrogen (secondary N) is 3. The Morgan fingerprint density at radius 2 is 2.00 bits per heavy atom. The minimum atomic E-state index is -0.0185. The lowest BCUT2D eigenvalue weighted by Gasteiger charge is -2.15. The predicted octanol–water partition coefficient (Wildman–Crippen LogP) is -0.655. The highest BCUT2D eigenvalue weighted by molar-refractivity contribution is 5.80. The van der Waals surface area contributed by atoms with Gasteiger partial charge in [-0.15, -0.1) is 0 Å². The number of hydrogen-bond acceptors (Lipinski definition) is 4. The van der Waals surface area contributed by atoms with E-state index in [1.807, 2.05) is 20.8 Å². The molecule has 0 aliphatic rings. The Morgan fingerprint density at radius 1 is 1.33 bits per heavy atom. The average molecular weight is 259 g/mol. The van der Waals surface area contributed by atoms with Crippen LogP contribution >= 0.6 is 0 Å². The van der Waals surface area contributed by atoms with Crippen molar-refractivity contribution >= 4 is 11.9 Å². The number of rotatable bonds is 7. The second-order valence-electron chi connectivity index (χ2n) is 4.35. The zero-order valence-electron chi connectivity index (χ0n) is 11.6. The Hall–Kier alpha value is -1.34. The molecule has 0 spiro atoms. The first-order chi connectivity index (χ1) is 8.49. The second kappa shape index (κ2) is 9.67.